The number of carbonyl (C=O) groups is 2. The van der Waals surface area contributed by atoms with Crippen molar-refractivity contribution < 1.29 is 14.3 Å². The molecule has 126 valence electrons. The first-order valence-electron chi connectivity index (χ1n) is 7.66. The number of benzene rings is 1. The number of amides is 1. The van der Waals surface area contributed by atoms with E-state index in [-0.39, 0.29) is 5.41 Å². The van der Waals surface area contributed by atoms with E-state index in [4.69, 9.17) is 4.74 Å². The van der Waals surface area contributed by atoms with E-state index in [1.165, 1.54) is 11.3 Å². The summed E-state index contributed by atoms with van der Waals surface area (Å²) in [4.78, 5) is 24.8. The van der Waals surface area contributed by atoms with Gasteiger partial charge in [0.15, 0.2) is 5.60 Å². The van der Waals surface area contributed by atoms with Crippen LogP contribution in [-0.2, 0) is 21.4 Å². The summed E-state index contributed by atoms with van der Waals surface area (Å²) in [6.07, 6.45) is 0.325. The predicted octanol–water partition coefficient (Wildman–Crippen LogP) is 2.95. The molecule has 1 aromatic carbocycles. The van der Waals surface area contributed by atoms with Gasteiger partial charge in [0.1, 0.15) is 5.01 Å². The second-order valence-corrected chi connectivity index (χ2v) is 8.05. The van der Waals surface area contributed by atoms with Crippen molar-refractivity contribution >= 4 is 28.3 Å². The van der Waals surface area contributed by atoms with Crippen molar-refractivity contribution in [2.45, 2.75) is 45.1 Å². The summed E-state index contributed by atoms with van der Waals surface area (Å²) in [5, 5.41) is 12.1. The summed E-state index contributed by atoms with van der Waals surface area (Å²) in [6, 6.07) is 7.16. The van der Waals surface area contributed by atoms with Crippen LogP contribution in [0.25, 0.3) is 0 Å². The minimum atomic E-state index is -1.26. The van der Waals surface area contributed by atoms with Gasteiger partial charge in [-0.05, 0) is 18.6 Å². The number of carbonyl (C=O) groups excluding carboxylic acids is 2. The largest absolute Gasteiger partial charge is 0.445 e. The first kappa shape index (κ1) is 16.6. The molecular formula is C17H19N3O3S. The van der Waals surface area contributed by atoms with Gasteiger partial charge in [-0.1, -0.05) is 50.3 Å². The van der Waals surface area contributed by atoms with Gasteiger partial charge in [0.2, 0.25) is 5.13 Å². The van der Waals surface area contributed by atoms with Gasteiger partial charge in [-0.2, -0.15) is 0 Å². The van der Waals surface area contributed by atoms with E-state index in [0.717, 1.165) is 10.6 Å². The maximum atomic E-state index is 12.7. The number of ether oxygens (including phenoxy) is 1. The van der Waals surface area contributed by atoms with Gasteiger partial charge in [-0.3, -0.25) is 10.1 Å². The van der Waals surface area contributed by atoms with Crippen molar-refractivity contribution in [2.75, 3.05) is 5.32 Å². The zero-order valence-corrected chi connectivity index (χ0v) is 14.9. The molecule has 1 atom stereocenters. The Kier molecular flexibility index (Phi) is 3.91. The summed E-state index contributed by atoms with van der Waals surface area (Å²) < 4.78 is 5.41. The number of aromatic nitrogens is 2. The van der Waals surface area contributed by atoms with E-state index in [1.807, 2.05) is 32.9 Å². The third-order valence-corrected chi connectivity index (χ3v) is 5.11. The molecular weight excluding hydrogens is 326 g/mol. The highest BCUT2D eigenvalue weighted by Gasteiger charge is 2.43. The first-order chi connectivity index (χ1) is 11.2. The smallest absolute Gasteiger partial charge is 0.339 e. The predicted molar refractivity (Wildman–Crippen MR) is 91.2 cm³/mol. The molecule has 0 radical (unpaired) electrons. The minimum absolute atomic E-state index is 0.138. The Morgan fingerprint density at radius 2 is 2.00 bits per heavy atom. The average molecular weight is 345 g/mol. The number of nitrogens with one attached hydrogen (secondary N) is 1. The van der Waals surface area contributed by atoms with Crippen LogP contribution in [-0.4, -0.2) is 27.7 Å². The van der Waals surface area contributed by atoms with Crippen LogP contribution in [0, 0.1) is 0 Å². The average Bonchev–Trinajstić information content (AvgIpc) is 2.96. The van der Waals surface area contributed by atoms with E-state index >= 15 is 0 Å². The molecule has 0 aliphatic carbocycles. The van der Waals surface area contributed by atoms with Crippen LogP contribution in [0.1, 0.15) is 48.6 Å². The number of cyclic esters (lactones) is 1. The lowest BCUT2D eigenvalue weighted by Gasteiger charge is -2.32. The number of hydrogen-bond acceptors (Lipinski definition) is 6. The number of anilines is 1. The Labute approximate surface area is 144 Å². The normalized spacial score (nSPS) is 20.2. The van der Waals surface area contributed by atoms with Crippen molar-refractivity contribution in [3.8, 4) is 0 Å². The van der Waals surface area contributed by atoms with Crippen LogP contribution in [0.2, 0.25) is 0 Å². The fourth-order valence-electron chi connectivity index (χ4n) is 2.47. The summed E-state index contributed by atoms with van der Waals surface area (Å²) in [6.45, 7) is 7.70. The third-order valence-electron chi connectivity index (χ3n) is 3.85. The maximum absolute atomic E-state index is 12.7. The zero-order valence-electron chi connectivity index (χ0n) is 14.0. The molecule has 0 bridgehead atoms. The molecule has 6 nitrogen and oxygen atoms in total. The molecule has 7 heteroatoms. The highest BCUT2D eigenvalue weighted by molar-refractivity contribution is 7.15. The van der Waals surface area contributed by atoms with E-state index in [1.54, 1.807) is 19.1 Å². The summed E-state index contributed by atoms with van der Waals surface area (Å²) in [5.41, 5.74) is -0.0902. The summed E-state index contributed by atoms with van der Waals surface area (Å²) >= 11 is 1.32. The highest BCUT2D eigenvalue weighted by atomic mass is 32.1. The second kappa shape index (κ2) is 5.66. The Balaban J connectivity index is 1.80. The summed E-state index contributed by atoms with van der Waals surface area (Å²) in [7, 11) is 0. The molecule has 0 fully saturated rings. The SMILES string of the molecule is CC(C)(C)c1nnc(NC(=O)[C@]2(C)Cc3ccccc3C(=O)O2)s1. The molecule has 1 aliphatic rings. The lowest BCUT2D eigenvalue weighted by atomic mass is 9.89. The molecule has 3 rings (SSSR count). The first-order valence-corrected chi connectivity index (χ1v) is 8.47. The van der Waals surface area contributed by atoms with Crippen molar-refractivity contribution in [3.63, 3.8) is 0 Å². The minimum Gasteiger partial charge on any atom is -0.445 e. The fourth-order valence-corrected chi connectivity index (χ4v) is 3.26. The van der Waals surface area contributed by atoms with Crippen molar-refractivity contribution in [3.05, 3.63) is 40.4 Å². The standard InChI is InChI=1S/C17H19N3O3S/c1-16(2,3)14-19-20-15(24-14)18-13(22)17(4)9-10-7-5-6-8-11(10)12(21)23-17/h5-8H,9H2,1-4H3,(H,18,20,22)/t17-/m0/s1. The Morgan fingerprint density at radius 3 is 2.67 bits per heavy atom. The van der Waals surface area contributed by atoms with Gasteiger partial charge >= 0.3 is 5.97 Å². The Hall–Kier alpha value is -2.28. The van der Waals surface area contributed by atoms with Gasteiger partial charge in [-0.25, -0.2) is 4.79 Å². The molecule has 1 aliphatic heterocycles. The number of nitrogens with zero attached hydrogens (tertiary/aromatic N) is 2. The molecule has 1 amide bonds. The van der Waals surface area contributed by atoms with E-state index in [9.17, 15) is 9.59 Å². The Morgan fingerprint density at radius 1 is 1.29 bits per heavy atom. The lowest BCUT2D eigenvalue weighted by Crippen LogP contribution is -2.48. The third kappa shape index (κ3) is 3.03. The lowest BCUT2D eigenvalue weighted by molar-refractivity contribution is -0.134. The van der Waals surface area contributed by atoms with E-state index in [0.29, 0.717) is 17.1 Å². The number of rotatable bonds is 2. The van der Waals surface area contributed by atoms with Gasteiger partial charge in [0.25, 0.3) is 5.91 Å². The van der Waals surface area contributed by atoms with Crippen LogP contribution >= 0.6 is 11.3 Å². The molecule has 24 heavy (non-hydrogen) atoms. The molecule has 0 spiro atoms. The molecule has 1 aromatic heterocycles. The van der Waals surface area contributed by atoms with E-state index in [2.05, 4.69) is 15.5 Å². The molecule has 0 unspecified atom stereocenters. The van der Waals surface area contributed by atoms with Gasteiger partial charge in [-0.15, -0.1) is 10.2 Å². The second-order valence-electron chi connectivity index (χ2n) is 7.07. The monoisotopic (exact) mass is 345 g/mol. The zero-order chi connectivity index (χ0) is 17.5. The van der Waals surface area contributed by atoms with Crippen LogP contribution < -0.4 is 5.32 Å². The number of hydrogen-bond donors (Lipinski definition) is 1. The molecule has 2 aromatic rings. The van der Waals surface area contributed by atoms with Crippen molar-refractivity contribution in [2.24, 2.45) is 0 Å². The topological polar surface area (TPSA) is 81.2 Å². The van der Waals surface area contributed by atoms with Crippen molar-refractivity contribution in [1.82, 2.24) is 10.2 Å². The molecule has 1 N–H and O–H groups in total. The Bertz CT molecular complexity index is 809. The highest BCUT2D eigenvalue weighted by Crippen LogP contribution is 2.31. The quantitative estimate of drug-likeness (QED) is 0.846. The van der Waals surface area contributed by atoms with Crippen LogP contribution in [0.15, 0.2) is 24.3 Å². The number of fused-ring (bicyclic) bond motifs is 1. The summed E-state index contributed by atoms with van der Waals surface area (Å²) in [5.74, 6) is -0.885. The number of esters is 1. The van der Waals surface area contributed by atoms with Crippen molar-refractivity contribution in [1.29, 1.82) is 0 Å². The molecule has 0 saturated heterocycles. The van der Waals surface area contributed by atoms with Crippen LogP contribution in [0.3, 0.4) is 0 Å². The van der Waals surface area contributed by atoms with Crippen LogP contribution in [0.4, 0.5) is 5.13 Å². The van der Waals surface area contributed by atoms with Gasteiger partial charge in [0, 0.05) is 11.8 Å². The van der Waals surface area contributed by atoms with Gasteiger partial charge in [0.05, 0.1) is 5.56 Å². The van der Waals surface area contributed by atoms with Crippen LogP contribution in [0.5, 0.6) is 0 Å². The molecule has 2 heterocycles. The maximum Gasteiger partial charge on any atom is 0.339 e. The van der Waals surface area contributed by atoms with E-state index < -0.39 is 17.5 Å². The fraction of sp³-hybridized carbons (Fsp3) is 0.412. The van der Waals surface area contributed by atoms with Gasteiger partial charge < -0.3 is 4.74 Å². The molecule has 0 saturated carbocycles.